The first-order chi connectivity index (χ1) is 13.0. The number of nitrogens with one attached hydrogen (secondary N) is 3. The number of aryl methyl sites for hydroxylation is 1. The largest absolute Gasteiger partial charge is 0.364 e. The maximum atomic E-state index is 12.4. The van der Waals surface area contributed by atoms with Crippen LogP contribution < -0.4 is 21.7 Å². The molecule has 5 N–H and O–H groups in total. The van der Waals surface area contributed by atoms with Crippen molar-refractivity contribution in [2.75, 3.05) is 22.5 Å². The van der Waals surface area contributed by atoms with E-state index in [1.54, 1.807) is 24.3 Å². The van der Waals surface area contributed by atoms with Crippen molar-refractivity contribution in [1.82, 2.24) is 0 Å². The number of para-hydroxylation sites is 1. The lowest BCUT2D eigenvalue weighted by Crippen LogP contribution is -2.30. The van der Waals surface area contributed by atoms with Crippen LogP contribution in [0.4, 0.5) is 21.9 Å². The normalized spacial score (nSPS) is 18.7. The molecule has 7 nitrogen and oxygen atoms in total. The minimum absolute atomic E-state index is 0.0588. The van der Waals surface area contributed by atoms with Gasteiger partial charge in [0.05, 0.1) is 6.10 Å². The number of rotatable bonds is 5. The zero-order chi connectivity index (χ0) is 19.2. The third kappa shape index (κ3) is 5.06. The third-order valence-corrected chi connectivity index (χ3v) is 4.45. The van der Waals surface area contributed by atoms with Crippen molar-refractivity contribution in [3.8, 4) is 0 Å². The predicted octanol–water partition coefficient (Wildman–Crippen LogP) is 3.08. The van der Waals surface area contributed by atoms with E-state index in [4.69, 9.17) is 10.5 Å². The Kier molecular flexibility index (Phi) is 6.05. The molecule has 0 bridgehead atoms. The highest BCUT2D eigenvalue weighted by Crippen LogP contribution is 2.24. The van der Waals surface area contributed by atoms with Gasteiger partial charge in [0.1, 0.15) is 6.10 Å². The SMILES string of the molecule is Cc1ccc(NC(=O)Nc2ccccc2)cc1NC(=O)[C@@H]1CC[C@H](CN)O1. The van der Waals surface area contributed by atoms with Gasteiger partial charge in [-0.15, -0.1) is 0 Å². The second-order valence-electron chi connectivity index (χ2n) is 6.52. The van der Waals surface area contributed by atoms with E-state index in [1.165, 1.54) is 0 Å². The minimum Gasteiger partial charge on any atom is -0.364 e. The lowest BCUT2D eigenvalue weighted by atomic mass is 10.1. The van der Waals surface area contributed by atoms with Crippen LogP contribution in [-0.2, 0) is 9.53 Å². The van der Waals surface area contributed by atoms with Crippen LogP contribution in [0.1, 0.15) is 18.4 Å². The number of amides is 3. The summed E-state index contributed by atoms with van der Waals surface area (Å²) < 4.78 is 5.63. The minimum atomic E-state index is -0.490. The van der Waals surface area contributed by atoms with Crippen LogP contribution in [0.2, 0.25) is 0 Å². The van der Waals surface area contributed by atoms with Gasteiger partial charge in [0.25, 0.3) is 5.91 Å². The predicted molar refractivity (Wildman–Crippen MR) is 106 cm³/mol. The summed E-state index contributed by atoms with van der Waals surface area (Å²) in [5.74, 6) is -0.195. The Hall–Kier alpha value is -2.90. The van der Waals surface area contributed by atoms with Gasteiger partial charge in [-0.05, 0) is 49.6 Å². The first-order valence-electron chi connectivity index (χ1n) is 8.95. The van der Waals surface area contributed by atoms with Gasteiger partial charge in [0, 0.05) is 23.6 Å². The summed E-state index contributed by atoms with van der Waals surface area (Å²) >= 11 is 0. The van der Waals surface area contributed by atoms with Crippen LogP contribution in [0, 0.1) is 6.92 Å². The molecule has 3 rings (SSSR count). The summed E-state index contributed by atoms with van der Waals surface area (Å²) in [6.45, 7) is 2.31. The van der Waals surface area contributed by atoms with E-state index in [2.05, 4.69) is 16.0 Å². The molecular weight excluding hydrogens is 344 g/mol. The van der Waals surface area contributed by atoms with Crippen LogP contribution in [0.25, 0.3) is 0 Å². The van der Waals surface area contributed by atoms with Gasteiger partial charge in [-0.3, -0.25) is 4.79 Å². The monoisotopic (exact) mass is 368 g/mol. The Morgan fingerprint density at radius 2 is 1.78 bits per heavy atom. The van der Waals surface area contributed by atoms with Crippen molar-refractivity contribution in [3.05, 3.63) is 54.1 Å². The summed E-state index contributed by atoms with van der Waals surface area (Å²) in [4.78, 5) is 24.6. The highest BCUT2D eigenvalue weighted by Gasteiger charge is 2.30. The van der Waals surface area contributed by atoms with Gasteiger partial charge in [0.2, 0.25) is 0 Å². The van der Waals surface area contributed by atoms with Crippen molar-refractivity contribution in [2.45, 2.75) is 32.0 Å². The van der Waals surface area contributed by atoms with Gasteiger partial charge in [-0.2, -0.15) is 0 Å². The number of carbonyl (C=O) groups excluding carboxylic acids is 2. The van der Waals surface area contributed by atoms with E-state index >= 15 is 0 Å². The van der Waals surface area contributed by atoms with Gasteiger partial charge < -0.3 is 26.4 Å². The van der Waals surface area contributed by atoms with Crippen LogP contribution in [0.3, 0.4) is 0 Å². The molecule has 0 aromatic heterocycles. The molecule has 1 saturated heterocycles. The molecule has 3 amide bonds. The Morgan fingerprint density at radius 3 is 2.48 bits per heavy atom. The van der Waals surface area contributed by atoms with Crippen molar-refractivity contribution >= 4 is 29.0 Å². The fourth-order valence-corrected chi connectivity index (χ4v) is 2.93. The maximum Gasteiger partial charge on any atom is 0.323 e. The van der Waals surface area contributed by atoms with E-state index in [-0.39, 0.29) is 18.0 Å². The summed E-state index contributed by atoms with van der Waals surface area (Å²) in [5.41, 5.74) is 8.40. The zero-order valence-corrected chi connectivity index (χ0v) is 15.2. The van der Waals surface area contributed by atoms with Crippen LogP contribution in [0.15, 0.2) is 48.5 Å². The number of carbonyl (C=O) groups is 2. The van der Waals surface area contributed by atoms with E-state index in [1.807, 2.05) is 31.2 Å². The molecule has 1 aliphatic heterocycles. The summed E-state index contributed by atoms with van der Waals surface area (Å²) in [6.07, 6.45) is 0.895. The number of hydrogen-bond donors (Lipinski definition) is 4. The fourth-order valence-electron chi connectivity index (χ4n) is 2.93. The molecule has 2 aromatic carbocycles. The maximum absolute atomic E-state index is 12.4. The van der Waals surface area contributed by atoms with Crippen molar-refractivity contribution in [3.63, 3.8) is 0 Å². The molecule has 1 fully saturated rings. The number of hydrogen-bond acceptors (Lipinski definition) is 4. The Bertz CT molecular complexity index is 810. The first-order valence-corrected chi connectivity index (χ1v) is 8.95. The quantitative estimate of drug-likeness (QED) is 0.651. The average molecular weight is 368 g/mol. The highest BCUT2D eigenvalue weighted by atomic mass is 16.5. The number of benzene rings is 2. The van der Waals surface area contributed by atoms with Crippen molar-refractivity contribution in [2.24, 2.45) is 5.73 Å². The molecule has 0 aliphatic carbocycles. The van der Waals surface area contributed by atoms with Gasteiger partial charge in [-0.25, -0.2) is 4.79 Å². The standard InChI is InChI=1S/C20H24N4O3/c1-13-7-8-15(23-20(26)22-14-5-3-2-4-6-14)11-17(13)24-19(25)18-10-9-16(12-21)27-18/h2-8,11,16,18H,9-10,12,21H2,1H3,(H,24,25)(H2,22,23,26)/t16-,18+/m1/s1. The topological polar surface area (TPSA) is 105 Å². The Morgan fingerprint density at radius 1 is 1.04 bits per heavy atom. The number of ether oxygens (including phenoxy) is 1. The van der Waals surface area contributed by atoms with Crippen LogP contribution in [0.5, 0.6) is 0 Å². The fraction of sp³-hybridized carbons (Fsp3) is 0.300. The molecule has 27 heavy (non-hydrogen) atoms. The molecule has 0 radical (unpaired) electrons. The average Bonchev–Trinajstić information content (AvgIpc) is 3.14. The summed E-state index contributed by atoms with van der Waals surface area (Å²) in [7, 11) is 0. The molecule has 2 atom stereocenters. The van der Waals surface area contributed by atoms with E-state index in [9.17, 15) is 9.59 Å². The van der Waals surface area contributed by atoms with E-state index in [0.717, 1.165) is 12.0 Å². The molecule has 0 saturated carbocycles. The number of urea groups is 1. The van der Waals surface area contributed by atoms with Crippen LogP contribution in [-0.4, -0.2) is 30.7 Å². The zero-order valence-electron chi connectivity index (χ0n) is 15.2. The molecule has 2 aromatic rings. The summed E-state index contributed by atoms with van der Waals surface area (Å²) in [6, 6.07) is 14.2. The van der Waals surface area contributed by atoms with Crippen molar-refractivity contribution in [1.29, 1.82) is 0 Å². The summed E-state index contributed by atoms with van der Waals surface area (Å²) in [5, 5.41) is 8.40. The molecule has 142 valence electrons. The third-order valence-electron chi connectivity index (χ3n) is 4.45. The molecule has 1 heterocycles. The van der Waals surface area contributed by atoms with Crippen molar-refractivity contribution < 1.29 is 14.3 Å². The van der Waals surface area contributed by atoms with E-state index in [0.29, 0.717) is 30.0 Å². The first kappa shape index (κ1) is 18.9. The molecular formula is C20H24N4O3. The van der Waals surface area contributed by atoms with Crippen LogP contribution >= 0.6 is 0 Å². The molecule has 1 aliphatic rings. The highest BCUT2D eigenvalue weighted by molar-refractivity contribution is 6.01. The Balaban J connectivity index is 1.62. The molecule has 7 heteroatoms. The number of nitrogens with two attached hydrogens (primary N) is 1. The van der Waals surface area contributed by atoms with E-state index < -0.39 is 6.10 Å². The Labute approximate surface area is 158 Å². The second-order valence-corrected chi connectivity index (χ2v) is 6.52. The smallest absolute Gasteiger partial charge is 0.323 e. The molecule has 0 spiro atoms. The van der Waals surface area contributed by atoms with Gasteiger partial charge >= 0.3 is 6.03 Å². The second kappa shape index (κ2) is 8.66. The lowest BCUT2D eigenvalue weighted by molar-refractivity contribution is -0.126. The van der Waals surface area contributed by atoms with Gasteiger partial charge in [-0.1, -0.05) is 24.3 Å². The van der Waals surface area contributed by atoms with Gasteiger partial charge in [0.15, 0.2) is 0 Å². The number of anilines is 3. The molecule has 0 unspecified atom stereocenters. The lowest BCUT2D eigenvalue weighted by Gasteiger charge is -2.15.